The molecule has 0 aliphatic carbocycles. The van der Waals surface area contributed by atoms with E-state index in [4.69, 9.17) is 9.47 Å². The van der Waals surface area contributed by atoms with E-state index in [2.05, 4.69) is 15.6 Å². The van der Waals surface area contributed by atoms with Crippen molar-refractivity contribution in [3.05, 3.63) is 120 Å². The number of carboxylic acids is 1. The summed E-state index contributed by atoms with van der Waals surface area (Å²) < 4.78 is 26.6. The summed E-state index contributed by atoms with van der Waals surface area (Å²) >= 11 is 0. The molecule has 9 nitrogen and oxygen atoms in total. The van der Waals surface area contributed by atoms with Crippen LogP contribution in [-0.4, -0.2) is 32.2 Å². The van der Waals surface area contributed by atoms with Gasteiger partial charge >= 0.3 is 12.1 Å². The third kappa shape index (κ3) is 6.06. The van der Waals surface area contributed by atoms with Crippen LogP contribution in [0.3, 0.4) is 0 Å². The van der Waals surface area contributed by atoms with Gasteiger partial charge in [0.05, 0.1) is 5.69 Å². The fourth-order valence-corrected chi connectivity index (χ4v) is 4.19. The predicted octanol–water partition coefficient (Wildman–Crippen LogP) is 7.18. The molecule has 5 rings (SSSR count). The zero-order valence-corrected chi connectivity index (χ0v) is 22.1. The van der Waals surface area contributed by atoms with E-state index in [1.54, 1.807) is 38.1 Å². The maximum absolute atomic E-state index is 13.9. The lowest BCUT2D eigenvalue weighted by molar-refractivity contribution is 0.0688. The second-order valence-electron chi connectivity index (χ2n) is 9.11. The average molecular weight is 553 g/mol. The number of carboxylic acid groups (broad SMARTS) is 1. The highest BCUT2D eigenvalue weighted by molar-refractivity contribution is 5.91. The molecule has 1 aromatic heterocycles. The van der Waals surface area contributed by atoms with Gasteiger partial charge in [0.1, 0.15) is 34.7 Å². The van der Waals surface area contributed by atoms with Crippen LogP contribution < -0.4 is 10.1 Å². The van der Waals surface area contributed by atoms with Crippen LogP contribution in [0.2, 0.25) is 0 Å². The monoisotopic (exact) mass is 552 g/mol. The summed E-state index contributed by atoms with van der Waals surface area (Å²) in [5.74, 6) is -1.61. The van der Waals surface area contributed by atoms with Gasteiger partial charge in [-0.3, -0.25) is 5.32 Å². The van der Waals surface area contributed by atoms with Gasteiger partial charge in [0.15, 0.2) is 5.82 Å². The summed E-state index contributed by atoms with van der Waals surface area (Å²) in [6, 6.07) is 27.7. The van der Waals surface area contributed by atoms with Crippen molar-refractivity contribution in [1.82, 2.24) is 15.0 Å². The molecule has 1 atom stereocenters. The van der Waals surface area contributed by atoms with Crippen LogP contribution in [0.1, 0.15) is 34.6 Å². The van der Waals surface area contributed by atoms with Gasteiger partial charge in [0.25, 0.3) is 0 Å². The average Bonchev–Trinajstić information content (AvgIpc) is 3.33. The van der Waals surface area contributed by atoms with Gasteiger partial charge in [0, 0.05) is 0 Å². The minimum absolute atomic E-state index is 0.0828. The molecule has 0 radical (unpaired) electrons. The Hall–Kier alpha value is -5.51. The number of nitrogens with one attached hydrogen (secondary N) is 1. The number of aromatic nitrogens is 3. The normalized spacial score (nSPS) is 11.5. The van der Waals surface area contributed by atoms with Crippen molar-refractivity contribution in [3.8, 4) is 28.3 Å². The first-order chi connectivity index (χ1) is 19.8. The van der Waals surface area contributed by atoms with Gasteiger partial charge in [-0.05, 0) is 66.9 Å². The molecule has 2 N–H and O–H groups in total. The first-order valence-electron chi connectivity index (χ1n) is 12.7. The van der Waals surface area contributed by atoms with Crippen LogP contribution in [0.25, 0.3) is 16.8 Å². The Labute approximate surface area is 234 Å². The third-order valence-corrected chi connectivity index (χ3v) is 6.33. The topological polar surface area (TPSA) is 116 Å². The summed E-state index contributed by atoms with van der Waals surface area (Å²) in [4.78, 5) is 24.0. The van der Waals surface area contributed by atoms with Crippen LogP contribution in [0.5, 0.6) is 11.5 Å². The zero-order valence-electron chi connectivity index (χ0n) is 22.1. The Balaban J connectivity index is 1.28. The van der Waals surface area contributed by atoms with Crippen LogP contribution in [0.15, 0.2) is 97.1 Å². The lowest BCUT2D eigenvalue weighted by Gasteiger charge is -2.15. The molecule has 5 aromatic rings. The minimum atomic E-state index is -1.41. The number of halogens is 1. The van der Waals surface area contributed by atoms with Crippen LogP contribution in [0.4, 0.5) is 15.0 Å². The van der Waals surface area contributed by atoms with Crippen molar-refractivity contribution in [3.63, 3.8) is 0 Å². The van der Waals surface area contributed by atoms with E-state index in [1.165, 1.54) is 16.8 Å². The van der Waals surface area contributed by atoms with Crippen LogP contribution >= 0.6 is 0 Å². The molecular formula is C31H25FN4O5. The number of amides is 1. The summed E-state index contributed by atoms with van der Waals surface area (Å²) in [5.41, 5.74) is 3.31. The number of aryl methyl sites for hydroxylation is 1. The van der Waals surface area contributed by atoms with E-state index in [9.17, 15) is 19.1 Å². The summed E-state index contributed by atoms with van der Waals surface area (Å²) in [6.07, 6.45) is -1.06. The number of hydrogen-bond acceptors (Lipinski definition) is 6. The molecule has 1 unspecified atom stereocenters. The standard InChI is InChI=1S/C31H25FN4O5/c1-19-29(33-31(39)40-20(2)21-7-4-3-5-8-21)36(35-34-19)24-15-11-22(12-16-24)23-13-17-25(18-14-23)41-27-10-6-9-26(32)28(27)30(37)38/h3-18,20H,1-2H3,(H,33,39)(H,37,38). The van der Waals surface area contributed by atoms with Crippen molar-refractivity contribution in [1.29, 1.82) is 0 Å². The van der Waals surface area contributed by atoms with Gasteiger partial charge in [-0.1, -0.05) is 65.9 Å². The maximum atomic E-state index is 13.9. The third-order valence-electron chi connectivity index (χ3n) is 6.33. The number of ether oxygens (including phenoxy) is 2. The van der Waals surface area contributed by atoms with Crippen LogP contribution in [-0.2, 0) is 4.74 Å². The molecule has 0 saturated heterocycles. The number of aromatic carboxylic acids is 1. The lowest BCUT2D eigenvalue weighted by atomic mass is 10.1. The van der Waals surface area contributed by atoms with Crippen molar-refractivity contribution in [2.24, 2.45) is 0 Å². The molecule has 41 heavy (non-hydrogen) atoms. The van der Waals surface area contributed by atoms with Gasteiger partial charge in [-0.2, -0.15) is 4.68 Å². The Bertz CT molecular complexity index is 1690. The van der Waals surface area contributed by atoms with Gasteiger partial charge < -0.3 is 14.6 Å². The summed E-state index contributed by atoms with van der Waals surface area (Å²) in [5, 5.41) is 20.3. The van der Waals surface area contributed by atoms with E-state index in [1.807, 2.05) is 54.6 Å². The van der Waals surface area contributed by atoms with Crippen molar-refractivity contribution in [2.75, 3.05) is 5.32 Å². The molecule has 10 heteroatoms. The Kier molecular flexibility index (Phi) is 7.73. The van der Waals surface area contributed by atoms with E-state index in [0.29, 0.717) is 22.9 Å². The molecule has 0 saturated carbocycles. The number of anilines is 1. The number of carbonyl (C=O) groups is 2. The Morgan fingerprint density at radius 2 is 1.56 bits per heavy atom. The molecule has 206 valence electrons. The summed E-state index contributed by atoms with van der Waals surface area (Å²) in [6.45, 7) is 3.53. The van der Waals surface area contributed by atoms with Crippen LogP contribution in [0, 0.1) is 12.7 Å². The summed E-state index contributed by atoms with van der Waals surface area (Å²) in [7, 11) is 0. The molecule has 4 aromatic carbocycles. The molecule has 0 aliphatic heterocycles. The second-order valence-corrected chi connectivity index (χ2v) is 9.11. The molecule has 0 fully saturated rings. The van der Waals surface area contributed by atoms with E-state index in [-0.39, 0.29) is 5.75 Å². The van der Waals surface area contributed by atoms with E-state index < -0.39 is 29.5 Å². The number of carbonyl (C=O) groups excluding carboxylic acids is 1. The quantitative estimate of drug-likeness (QED) is 0.209. The lowest BCUT2D eigenvalue weighted by Crippen LogP contribution is -2.18. The first-order valence-corrected chi connectivity index (χ1v) is 12.7. The fourth-order valence-electron chi connectivity index (χ4n) is 4.19. The molecule has 0 spiro atoms. The highest BCUT2D eigenvalue weighted by Gasteiger charge is 2.19. The molecule has 1 heterocycles. The highest BCUT2D eigenvalue weighted by Crippen LogP contribution is 2.30. The zero-order chi connectivity index (χ0) is 28.9. The minimum Gasteiger partial charge on any atom is -0.477 e. The number of benzene rings is 4. The SMILES string of the molecule is Cc1nnn(-c2ccc(-c3ccc(Oc4cccc(F)c4C(=O)O)cc3)cc2)c1NC(=O)OC(C)c1ccccc1. The highest BCUT2D eigenvalue weighted by atomic mass is 19.1. The smallest absolute Gasteiger partial charge is 0.413 e. The molecular weight excluding hydrogens is 527 g/mol. The molecule has 0 aliphatic rings. The second kappa shape index (κ2) is 11.7. The molecule has 1 amide bonds. The fraction of sp³-hybridized carbons (Fsp3) is 0.0968. The number of nitrogens with zero attached hydrogens (tertiary/aromatic N) is 3. The first kappa shape index (κ1) is 27.1. The number of rotatable bonds is 8. The van der Waals surface area contributed by atoms with Gasteiger partial charge in [-0.25, -0.2) is 14.0 Å². The maximum Gasteiger partial charge on any atom is 0.413 e. The van der Waals surface area contributed by atoms with Crippen molar-refractivity contribution in [2.45, 2.75) is 20.0 Å². The van der Waals surface area contributed by atoms with Gasteiger partial charge in [0.2, 0.25) is 0 Å². The Morgan fingerprint density at radius 1 is 0.902 bits per heavy atom. The van der Waals surface area contributed by atoms with Crippen molar-refractivity contribution >= 4 is 17.9 Å². The largest absolute Gasteiger partial charge is 0.477 e. The number of hydrogen-bond donors (Lipinski definition) is 2. The Morgan fingerprint density at radius 3 is 2.22 bits per heavy atom. The van der Waals surface area contributed by atoms with E-state index in [0.717, 1.165) is 22.8 Å². The molecule has 0 bridgehead atoms. The predicted molar refractivity (Wildman–Crippen MR) is 150 cm³/mol. The van der Waals surface area contributed by atoms with Gasteiger partial charge in [-0.15, -0.1) is 5.10 Å². The van der Waals surface area contributed by atoms with Crippen molar-refractivity contribution < 1.29 is 28.6 Å². The van der Waals surface area contributed by atoms with E-state index >= 15 is 0 Å².